The molecule has 2 amide bonds. The quantitative estimate of drug-likeness (QED) is 0.144. The molecule has 0 aliphatic carbocycles. The number of nitrogens with one attached hydrogen (secondary N) is 1. The van der Waals surface area contributed by atoms with Crippen molar-refractivity contribution in [1.29, 1.82) is 0 Å². The number of aryl methyl sites for hydroxylation is 1. The van der Waals surface area contributed by atoms with E-state index in [2.05, 4.69) is 21.2 Å². The van der Waals surface area contributed by atoms with E-state index >= 15 is 0 Å². The molecule has 0 saturated heterocycles. The maximum Gasteiger partial charge on any atom is 0.264 e. The Labute approximate surface area is 286 Å². The Morgan fingerprint density at radius 2 is 1.53 bits per heavy atom. The molecule has 248 valence electrons. The van der Waals surface area contributed by atoms with Gasteiger partial charge in [-0.3, -0.25) is 13.9 Å². The number of ether oxygens (including phenoxy) is 1. The molecule has 0 spiro atoms. The van der Waals surface area contributed by atoms with Crippen molar-refractivity contribution in [3.05, 3.63) is 124 Å². The van der Waals surface area contributed by atoms with Gasteiger partial charge in [-0.25, -0.2) is 8.42 Å². The van der Waals surface area contributed by atoms with Gasteiger partial charge in [0.1, 0.15) is 18.3 Å². The van der Waals surface area contributed by atoms with Crippen LogP contribution in [0.25, 0.3) is 0 Å². The highest BCUT2D eigenvalue weighted by Gasteiger charge is 2.35. The van der Waals surface area contributed by atoms with E-state index in [1.54, 1.807) is 36.4 Å². The van der Waals surface area contributed by atoms with Crippen LogP contribution < -0.4 is 14.4 Å². The van der Waals surface area contributed by atoms with Crippen molar-refractivity contribution in [2.75, 3.05) is 17.5 Å². The molecule has 0 unspecified atom stereocenters. The minimum absolute atomic E-state index is 0.0305. The van der Waals surface area contributed by atoms with Gasteiger partial charge in [-0.2, -0.15) is 0 Å². The first kappa shape index (κ1) is 35.7. The second-order valence-electron chi connectivity index (χ2n) is 11.4. The van der Waals surface area contributed by atoms with E-state index in [1.807, 2.05) is 82.3 Å². The van der Waals surface area contributed by atoms with Crippen LogP contribution in [-0.4, -0.2) is 50.4 Å². The van der Waals surface area contributed by atoms with E-state index in [0.29, 0.717) is 24.5 Å². The van der Waals surface area contributed by atoms with E-state index in [1.165, 1.54) is 17.0 Å². The SMILES string of the molecule is CCOc1ccc(N(CC(=O)N(Cc2cccc(C)c2)[C@H](Cc2ccccc2)C(=O)N[C@H](C)CC)S(=O)(=O)c2ccc(Br)cc2)cc1. The lowest BCUT2D eigenvalue weighted by atomic mass is 10.0. The molecule has 4 rings (SSSR count). The van der Waals surface area contributed by atoms with E-state index in [0.717, 1.165) is 25.5 Å². The normalized spacial score (nSPS) is 12.5. The summed E-state index contributed by atoms with van der Waals surface area (Å²) < 4.78 is 35.9. The summed E-state index contributed by atoms with van der Waals surface area (Å²) >= 11 is 3.37. The molecule has 2 atom stereocenters. The molecule has 1 N–H and O–H groups in total. The number of nitrogens with zero attached hydrogens (tertiary/aromatic N) is 2. The highest BCUT2D eigenvalue weighted by Crippen LogP contribution is 2.28. The van der Waals surface area contributed by atoms with Crippen LogP contribution in [-0.2, 0) is 32.6 Å². The van der Waals surface area contributed by atoms with Crippen LogP contribution in [0.3, 0.4) is 0 Å². The fourth-order valence-electron chi connectivity index (χ4n) is 5.14. The molecule has 0 radical (unpaired) electrons. The fourth-order valence-corrected chi connectivity index (χ4v) is 6.82. The van der Waals surface area contributed by atoms with Crippen molar-refractivity contribution >= 4 is 43.5 Å². The number of amides is 2. The average Bonchev–Trinajstić information content (AvgIpc) is 3.06. The summed E-state index contributed by atoms with van der Waals surface area (Å²) in [7, 11) is -4.21. The van der Waals surface area contributed by atoms with Crippen LogP contribution in [0.5, 0.6) is 5.75 Å². The Bertz CT molecular complexity index is 1730. The Morgan fingerprint density at radius 3 is 2.15 bits per heavy atom. The molecule has 0 aliphatic heterocycles. The summed E-state index contributed by atoms with van der Waals surface area (Å²) in [5.41, 5.74) is 3.01. The van der Waals surface area contributed by atoms with Crippen molar-refractivity contribution < 1.29 is 22.7 Å². The maximum absolute atomic E-state index is 14.6. The van der Waals surface area contributed by atoms with Gasteiger partial charge >= 0.3 is 0 Å². The Hall–Kier alpha value is -4.15. The van der Waals surface area contributed by atoms with Crippen molar-refractivity contribution in [3.8, 4) is 5.75 Å². The summed E-state index contributed by atoms with van der Waals surface area (Å²) in [5.74, 6) is -0.233. The van der Waals surface area contributed by atoms with Gasteiger partial charge in [-0.15, -0.1) is 0 Å². The monoisotopic (exact) mass is 719 g/mol. The Morgan fingerprint density at radius 1 is 0.872 bits per heavy atom. The van der Waals surface area contributed by atoms with E-state index in [4.69, 9.17) is 4.74 Å². The van der Waals surface area contributed by atoms with E-state index < -0.39 is 28.5 Å². The van der Waals surface area contributed by atoms with Gasteiger partial charge < -0.3 is 15.0 Å². The standard InChI is InChI=1S/C37H42BrN3O5S/c1-5-28(4)39-37(43)35(24-29-12-8-7-9-13-29)40(25-30-14-10-11-27(3)23-30)36(42)26-41(32-17-19-33(20-18-32)46-6-2)47(44,45)34-21-15-31(38)16-22-34/h7-23,28,35H,5-6,24-26H2,1-4H3,(H,39,43)/t28-,35-/m1/s1. The molecular formula is C37H42BrN3O5S. The summed E-state index contributed by atoms with van der Waals surface area (Å²) in [4.78, 5) is 30.1. The first-order valence-electron chi connectivity index (χ1n) is 15.7. The summed E-state index contributed by atoms with van der Waals surface area (Å²) in [6.07, 6.45) is 0.968. The molecule has 0 fully saturated rings. The zero-order chi connectivity index (χ0) is 34.0. The smallest absolute Gasteiger partial charge is 0.264 e. The topological polar surface area (TPSA) is 96.0 Å². The molecule has 0 bridgehead atoms. The summed E-state index contributed by atoms with van der Waals surface area (Å²) in [6.45, 7) is 7.76. The van der Waals surface area contributed by atoms with Crippen molar-refractivity contribution in [2.45, 2.75) is 64.1 Å². The second-order valence-corrected chi connectivity index (χ2v) is 14.2. The zero-order valence-electron chi connectivity index (χ0n) is 27.2. The third-order valence-corrected chi connectivity index (χ3v) is 10.1. The Kier molecular flexibility index (Phi) is 12.6. The number of hydrogen-bond acceptors (Lipinski definition) is 5. The predicted molar refractivity (Wildman–Crippen MR) is 190 cm³/mol. The molecule has 4 aromatic carbocycles. The lowest BCUT2D eigenvalue weighted by molar-refractivity contribution is -0.140. The van der Waals surface area contributed by atoms with Gasteiger partial charge in [0.05, 0.1) is 17.2 Å². The average molecular weight is 721 g/mol. The molecule has 0 aromatic heterocycles. The Balaban J connectivity index is 1.81. The minimum Gasteiger partial charge on any atom is -0.494 e. The first-order valence-corrected chi connectivity index (χ1v) is 18.0. The zero-order valence-corrected chi connectivity index (χ0v) is 29.6. The highest BCUT2D eigenvalue weighted by atomic mass is 79.9. The number of benzene rings is 4. The van der Waals surface area contributed by atoms with Gasteiger partial charge in [-0.05, 0) is 86.8 Å². The van der Waals surface area contributed by atoms with Crippen LogP contribution >= 0.6 is 15.9 Å². The van der Waals surface area contributed by atoms with Gasteiger partial charge in [0.25, 0.3) is 10.0 Å². The number of carbonyl (C=O) groups excluding carboxylic acids is 2. The summed E-state index contributed by atoms with van der Waals surface area (Å²) in [6, 6.07) is 29.1. The molecular weight excluding hydrogens is 678 g/mol. The molecule has 0 saturated carbocycles. The number of rotatable bonds is 15. The molecule has 4 aromatic rings. The van der Waals surface area contributed by atoms with Crippen LogP contribution in [0.15, 0.2) is 112 Å². The fraction of sp³-hybridized carbons (Fsp3) is 0.297. The number of carbonyl (C=O) groups is 2. The van der Waals surface area contributed by atoms with Crippen LogP contribution in [0.2, 0.25) is 0 Å². The summed E-state index contributed by atoms with van der Waals surface area (Å²) in [5, 5.41) is 3.06. The number of halogens is 1. The number of hydrogen-bond donors (Lipinski definition) is 1. The lowest BCUT2D eigenvalue weighted by Gasteiger charge is -2.34. The van der Waals surface area contributed by atoms with Gasteiger partial charge in [0, 0.05) is 23.5 Å². The molecule has 10 heteroatoms. The second kappa shape index (κ2) is 16.6. The van der Waals surface area contributed by atoms with E-state index in [-0.39, 0.29) is 29.8 Å². The molecule has 0 heterocycles. The van der Waals surface area contributed by atoms with Crippen LogP contribution in [0, 0.1) is 6.92 Å². The molecule has 0 aliphatic rings. The molecule has 47 heavy (non-hydrogen) atoms. The highest BCUT2D eigenvalue weighted by molar-refractivity contribution is 9.10. The van der Waals surface area contributed by atoms with Crippen LogP contribution in [0.1, 0.15) is 43.9 Å². The third-order valence-electron chi connectivity index (χ3n) is 7.82. The van der Waals surface area contributed by atoms with Crippen LogP contribution in [0.4, 0.5) is 5.69 Å². The first-order chi connectivity index (χ1) is 22.5. The van der Waals surface area contributed by atoms with Crippen molar-refractivity contribution in [3.63, 3.8) is 0 Å². The lowest BCUT2D eigenvalue weighted by Crippen LogP contribution is -2.54. The number of sulfonamides is 1. The van der Waals surface area contributed by atoms with Gasteiger partial charge in [0.2, 0.25) is 11.8 Å². The maximum atomic E-state index is 14.6. The minimum atomic E-state index is -4.21. The van der Waals surface area contributed by atoms with E-state index in [9.17, 15) is 18.0 Å². The third kappa shape index (κ3) is 9.68. The van der Waals surface area contributed by atoms with Gasteiger partial charge in [0.15, 0.2) is 0 Å². The molecule has 8 nitrogen and oxygen atoms in total. The predicted octanol–water partition coefficient (Wildman–Crippen LogP) is 6.91. The van der Waals surface area contributed by atoms with Gasteiger partial charge in [-0.1, -0.05) is 83.0 Å². The number of anilines is 1. The van der Waals surface area contributed by atoms with Crippen molar-refractivity contribution in [1.82, 2.24) is 10.2 Å². The van der Waals surface area contributed by atoms with Crippen molar-refractivity contribution in [2.24, 2.45) is 0 Å². The largest absolute Gasteiger partial charge is 0.494 e.